The SMILES string of the molecule is CCOc1ccc2nc(N(CCN(CC)CC)C(=O)CCOc3ccccc3)sc2c1. The Morgan fingerprint density at radius 3 is 2.45 bits per heavy atom. The molecule has 0 atom stereocenters. The molecule has 0 aliphatic carbocycles. The van der Waals surface area contributed by atoms with Gasteiger partial charge in [0.25, 0.3) is 0 Å². The highest BCUT2D eigenvalue weighted by Crippen LogP contribution is 2.32. The second kappa shape index (κ2) is 11.7. The zero-order valence-corrected chi connectivity index (χ0v) is 19.4. The van der Waals surface area contributed by atoms with E-state index in [1.807, 2.05) is 55.5 Å². The van der Waals surface area contributed by atoms with E-state index in [4.69, 9.17) is 14.5 Å². The predicted molar refractivity (Wildman–Crippen MR) is 127 cm³/mol. The van der Waals surface area contributed by atoms with Gasteiger partial charge in [-0.15, -0.1) is 0 Å². The lowest BCUT2D eigenvalue weighted by molar-refractivity contribution is -0.119. The lowest BCUT2D eigenvalue weighted by Gasteiger charge is -2.24. The highest BCUT2D eigenvalue weighted by molar-refractivity contribution is 7.22. The summed E-state index contributed by atoms with van der Waals surface area (Å²) in [7, 11) is 0. The van der Waals surface area contributed by atoms with Crippen molar-refractivity contribution in [3.63, 3.8) is 0 Å². The van der Waals surface area contributed by atoms with Crippen LogP contribution >= 0.6 is 11.3 Å². The molecule has 7 heteroatoms. The van der Waals surface area contributed by atoms with Crippen LogP contribution < -0.4 is 14.4 Å². The highest BCUT2D eigenvalue weighted by Gasteiger charge is 2.20. The number of nitrogens with zero attached hydrogens (tertiary/aromatic N) is 3. The van der Waals surface area contributed by atoms with Gasteiger partial charge in [-0.1, -0.05) is 43.4 Å². The Labute approximate surface area is 188 Å². The molecule has 0 unspecified atom stereocenters. The maximum absolute atomic E-state index is 13.1. The molecule has 2 aromatic carbocycles. The largest absolute Gasteiger partial charge is 0.494 e. The second-order valence-corrected chi connectivity index (χ2v) is 8.05. The van der Waals surface area contributed by atoms with E-state index in [1.165, 1.54) is 11.3 Å². The first-order valence-electron chi connectivity index (χ1n) is 10.9. The molecule has 0 aliphatic rings. The second-order valence-electron chi connectivity index (χ2n) is 7.04. The van der Waals surface area contributed by atoms with Gasteiger partial charge < -0.3 is 14.4 Å². The van der Waals surface area contributed by atoms with Gasteiger partial charge in [0.1, 0.15) is 11.5 Å². The molecule has 3 rings (SSSR count). The molecule has 1 heterocycles. The van der Waals surface area contributed by atoms with E-state index in [-0.39, 0.29) is 5.91 Å². The molecule has 1 aromatic heterocycles. The van der Waals surface area contributed by atoms with Gasteiger partial charge in [-0.2, -0.15) is 0 Å². The molecule has 0 N–H and O–H groups in total. The lowest BCUT2D eigenvalue weighted by Crippen LogP contribution is -2.39. The minimum Gasteiger partial charge on any atom is -0.494 e. The van der Waals surface area contributed by atoms with E-state index in [2.05, 4.69) is 18.7 Å². The molecule has 0 radical (unpaired) electrons. The van der Waals surface area contributed by atoms with E-state index in [9.17, 15) is 4.79 Å². The van der Waals surface area contributed by atoms with E-state index in [0.29, 0.717) is 26.2 Å². The van der Waals surface area contributed by atoms with Gasteiger partial charge in [0.05, 0.1) is 29.9 Å². The lowest BCUT2D eigenvalue weighted by atomic mass is 10.3. The quantitative estimate of drug-likeness (QED) is 0.403. The van der Waals surface area contributed by atoms with E-state index < -0.39 is 0 Å². The fourth-order valence-electron chi connectivity index (χ4n) is 3.28. The van der Waals surface area contributed by atoms with Crippen LogP contribution in [0.5, 0.6) is 11.5 Å². The first-order valence-corrected chi connectivity index (χ1v) is 11.7. The van der Waals surface area contributed by atoms with Crippen molar-refractivity contribution in [1.82, 2.24) is 9.88 Å². The van der Waals surface area contributed by atoms with Crippen LogP contribution in [0, 0.1) is 0 Å². The number of carbonyl (C=O) groups is 1. The van der Waals surface area contributed by atoms with Gasteiger partial charge >= 0.3 is 0 Å². The van der Waals surface area contributed by atoms with Gasteiger partial charge in [0.15, 0.2) is 5.13 Å². The number of likely N-dealkylation sites (N-methyl/N-ethyl adjacent to an activating group) is 1. The maximum Gasteiger partial charge on any atom is 0.232 e. The monoisotopic (exact) mass is 441 g/mol. The van der Waals surface area contributed by atoms with Gasteiger partial charge in [0.2, 0.25) is 5.91 Å². The zero-order chi connectivity index (χ0) is 22.1. The number of rotatable bonds is 12. The summed E-state index contributed by atoms with van der Waals surface area (Å²) >= 11 is 1.53. The number of ether oxygens (including phenoxy) is 2. The number of para-hydroxylation sites is 1. The number of hydrogen-bond acceptors (Lipinski definition) is 6. The molecule has 0 saturated carbocycles. The van der Waals surface area contributed by atoms with Crippen molar-refractivity contribution in [2.24, 2.45) is 0 Å². The van der Waals surface area contributed by atoms with E-state index >= 15 is 0 Å². The molecular formula is C24H31N3O3S. The average Bonchev–Trinajstić information content (AvgIpc) is 3.20. The van der Waals surface area contributed by atoms with Crippen LogP contribution in [0.15, 0.2) is 48.5 Å². The topological polar surface area (TPSA) is 54.9 Å². The summed E-state index contributed by atoms with van der Waals surface area (Å²) in [4.78, 5) is 22.0. The van der Waals surface area contributed by atoms with Crippen LogP contribution in [-0.2, 0) is 4.79 Å². The summed E-state index contributed by atoms with van der Waals surface area (Å²) in [5.41, 5.74) is 0.879. The molecule has 1 amide bonds. The maximum atomic E-state index is 13.1. The predicted octanol–water partition coefficient (Wildman–Crippen LogP) is 4.84. The van der Waals surface area contributed by atoms with Crippen molar-refractivity contribution >= 4 is 32.6 Å². The Kier molecular flexibility index (Phi) is 8.67. The third kappa shape index (κ3) is 6.42. The number of fused-ring (bicyclic) bond motifs is 1. The summed E-state index contributed by atoms with van der Waals surface area (Å²) in [6, 6.07) is 15.4. The van der Waals surface area contributed by atoms with Crippen LogP contribution in [-0.4, -0.2) is 55.2 Å². The fourth-order valence-corrected chi connectivity index (χ4v) is 4.32. The number of hydrogen-bond donors (Lipinski definition) is 0. The summed E-state index contributed by atoms with van der Waals surface area (Å²) in [6.07, 6.45) is 0.299. The smallest absolute Gasteiger partial charge is 0.232 e. The number of benzene rings is 2. The van der Waals surface area contributed by atoms with Gasteiger partial charge in [-0.25, -0.2) is 4.98 Å². The molecule has 166 valence electrons. The third-order valence-electron chi connectivity index (χ3n) is 5.05. The summed E-state index contributed by atoms with van der Waals surface area (Å²) in [5.74, 6) is 1.61. The normalized spacial score (nSPS) is 11.1. The van der Waals surface area contributed by atoms with Crippen molar-refractivity contribution in [3.8, 4) is 11.5 Å². The average molecular weight is 442 g/mol. The van der Waals surface area contributed by atoms with Gasteiger partial charge in [-0.3, -0.25) is 9.69 Å². The van der Waals surface area contributed by atoms with Crippen molar-refractivity contribution in [2.75, 3.05) is 44.3 Å². The molecule has 0 saturated heterocycles. The summed E-state index contributed by atoms with van der Waals surface area (Å²) < 4.78 is 12.4. The van der Waals surface area contributed by atoms with Gasteiger partial charge in [0, 0.05) is 13.1 Å². The minimum atomic E-state index is 0.0205. The van der Waals surface area contributed by atoms with Crippen LogP contribution in [0.2, 0.25) is 0 Å². The van der Waals surface area contributed by atoms with E-state index in [1.54, 1.807) is 4.90 Å². The standard InChI is InChI=1S/C24H31N3O3S/c1-4-26(5-2)15-16-27(23(28)14-17-30-19-10-8-7-9-11-19)24-25-21-13-12-20(29-6-3)18-22(21)31-24/h7-13,18H,4-6,14-17H2,1-3H3. The summed E-state index contributed by atoms with van der Waals surface area (Å²) in [6.45, 7) is 10.5. The first-order chi connectivity index (χ1) is 15.1. The zero-order valence-electron chi connectivity index (χ0n) is 18.5. The number of aromatic nitrogens is 1. The first kappa shape index (κ1) is 23.0. The Morgan fingerprint density at radius 1 is 0.968 bits per heavy atom. The molecule has 0 bridgehead atoms. The van der Waals surface area contributed by atoms with Crippen LogP contribution in [0.3, 0.4) is 0 Å². The minimum absolute atomic E-state index is 0.0205. The Bertz CT molecular complexity index is 957. The van der Waals surface area contributed by atoms with Gasteiger partial charge in [-0.05, 0) is 50.3 Å². The van der Waals surface area contributed by atoms with Crippen molar-refractivity contribution in [1.29, 1.82) is 0 Å². The molecule has 6 nitrogen and oxygen atoms in total. The number of thiazole rings is 1. The van der Waals surface area contributed by atoms with Crippen molar-refractivity contribution in [2.45, 2.75) is 27.2 Å². The highest BCUT2D eigenvalue weighted by atomic mass is 32.1. The third-order valence-corrected chi connectivity index (χ3v) is 6.09. The number of anilines is 1. The Balaban J connectivity index is 1.74. The molecule has 31 heavy (non-hydrogen) atoms. The Morgan fingerprint density at radius 2 is 1.74 bits per heavy atom. The number of amides is 1. The molecule has 3 aromatic rings. The van der Waals surface area contributed by atoms with E-state index in [0.717, 1.165) is 46.5 Å². The van der Waals surface area contributed by atoms with Crippen LogP contribution in [0.4, 0.5) is 5.13 Å². The van der Waals surface area contributed by atoms with Crippen LogP contribution in [0.25, 0.3) is 10.2 Å². The molecular weight excluding hydrogens is 410 g/mol. The fraction of sp³-hybridized carbons (Fsp3) is 0.417. The van der Waals surface area contributed by atoms with Crippen LogP contribution in [0.1, 0.15) is 27.2 Å². The summed E-state index contributed by atoms with van der Waals surface area (Å²) in [5, 5.41) is 0.723. The molecule has 0 fully saturated rings. The number of carbonyl (C=O) groups excluding carboxylic acids is 1. The Hall–Kier alpha value is -2.64. The molecule has 0 spiro atoms. The van der Waals surface area contributed by atoms with Crippen molar-refractivity contribution in [3.05, 3.63) is 48.5 Å². The van der Waals surface area contributed by atoms with Crippen molar-refractivity contribution < 1.29 is 14.3 Å². The molecule has 0 aliphatic heterocycles.